The van der Waals surface area contributed by atoms with Crippen LogP contribution < -0.4 is 18.9 Å². The number of amides is 5. The third-order valence-electron chi connectivity index (χ3n) is 13.7. The highest BCUT2D eigenvalue weighted by Gasteiger charge is 2.42. The molecule has 0 spiro atoms. The van der Waals surface area contributed by atoms with E-state index in [4.69, 9.17) is 37.9 Å². The number of rotatable bonds is 26. The molecule has 2 aromatic rings. The maximum Gasteiger partial charge on any atom is 0.410 e. The maximum atomic E-state index is 14.0. The lowest BCUT2D eigenvalue weighted by atomic mass is 9.93. The predicted octanol–water partition coefficient (Wildman–Crippen LogP) is 8.73. The van der Waals surface area contributed by atoms with E-state index in [-0.39, 0.29) is 73.9 Å². The minimum atomic E-state index is -0.981. The molecule has 0 bridgehead atoms. The average Bonchev–Trinajstić information content (AvgIpc) is 3.49. The largest absolute Gasteiger partial charge is 0.493 e. The second-order valence-electron chi connectivity index (χ2n) is 23.3. The molecule has 2 aliphatic heterocycles. The first-order valence-corrected chi connectivity index (χ1v) is 28.5. The molecule has 458 valence electrons. The lowest BCUT2D eigenvalue weighted by molar-refractivity contribution is -0.139. The third-order valence-corrected chi connectivity index (χ3v) is 13.7. The fraction of sp³-hybridized carbons (Fsp3) is 0.700. The number of carboxylic acids is 1. The Labute approximate surface area is 482 Å². The molecule has 21 nitrogen and oxygen atoms in total. The molecule has 4 rings (SSSR count). The Morgan fingerprint density at radius 1 is 0.593 bits per heavy atom. The van der Waals surface area contributed by atoms with E-state index in [1.165, 1.54) is 4.90 Å². The van der Waals surface area contributed by atoms with Crippen molar-refractivity contribution in [2.45, 2.75) is 175 Å². The van der Waals surface area contributed by atoms with Gasteiger partial charge in [-0.05, 0) is 152 Å². The SMILES string of the molecule is CCN(CCN(C)C)C(=O)C[C@@H]1CCC(N(C(=O)c2ccc(OC)c(OCCCOC)c2)C(C)C)CN1C(=O)OC(C)(C)C.COCCCOc1cc(C(=O)N(C(C)C)C2CC[C@@H](CC(=O)O)N(C(=O)OC(C)(C)C)C2)ccc1OC. The summed E-state index contributed by atoms with van der Waals surface area (Å²) in [6.07, 6.45) is 2.63. The number of hydrogen-bond acceptors (Lipinski definition) is 15. The minimum absolute atomic E-state index is 0.0133. The van der Waals surface area contributed by atoms with Crippen molar-refractivity contribution in [1.29, 1.82) is 0 Å². The van der Waals surface area contributed by atoms with Crippen LogP contribution in [0.1, 0.15) is 148 Å². The van der Waals surface area contributed by atoms with Crippen LogP contribution in [0, 0.1) is 0 Å². The Morgan fingerprint density at radius 2 is 1.00 bits per heavy atom. The Bertz CT molecular complexity index is 2320. The highest BCUT2D eigenvalue weighted by atomic mass is 16.6. The summed E-state index contributed by atoms with van der Waals surface area (Å²) in [4.78, 5) is 89.8. The van der Waals surface area contributed by atoms with E-state index in [1.807, 2.05) is 84.2 Å². The topological polar surface area (TPSA) is 216 Å². The van der Waals surface area contributed by atoms with Crippen molar-refractivity contribution in [3.63, 3.8) is 0 Å². The van der Waals surface area contributed by atoms with E-state index in [0.29, 0.717) is 112 Å². The number of carbonyl (C=O) groups is 6. The van der Waals surface area contributed by atoms with E-state index >= 15 is 0 Å². The summed E-state index contributed by atoms with van der Waals surface area (Å²) in [7, 11) is 10.3. The fourth-order valence-corrected chi connectivity index (χ4v) is 9.85. The Morgan fingerprint density at radius 3 is 1.33 bits per heavy atom. The Balaban J connectivity index is 0.000000432. The smallest absolute Gasteiger partial charge is 0.410 e. The number of ether oxygens (including phenoxy) is 8. The van der Waals surface area contributed by atoms with Crippen molar-refractivity contribution < 1.29 is 71.8 Å². The first kappa shape index (κ1) is 69.2. The van der Waals surface area contributed by atoms with Crippen LogP contribution in [-0.2, 0) is 28.5 Å². The Hall–Kier alpha value is -6.06. The molecule has 81 heavy (non-hydrogen) atoms. The van der Waals surface area contributed by atoms with Crippen molar-refractivity contribution in [1.82, 2.24) is 29.4 Å². The summed E-state index contributed by atoms with van der Waals surface area (Å²) in [5, 5.41) is 9.39. The molecule has 2 heterocycles. The molecule has 0 aliphatic carbocycles. The molecular formula is C60H98N6O15. The van der Waals surface area contributed by atoms with Gasteiger partial charge in [0.15, 0.2) is 23.0 Å². The van der Waals surface area contributed by atoms with Gasteiger partial charge in [-0.2, -0.15) is 0 Å². The van der Waals surface area contributed by atoms with Crippen molar-refractivity contribution in [2.75, 3.05) is 102 Å². The number of likely N-dealkylation sites (tertiary alicyclic amines) is 2. The molecule has 0 aromatic heterocycles. The second-order valence-corrected chi connectivity index (χ2v) is 23.3. The van der Waals surface area contributed by atoms with Crippen LogP contribution in [0.2, 0.25) is 0 Å². The number of nitrogens with zero attached hydrogens (tertiary/aromatic N) is 6. The van der Waals surface area contributed by atoms with Gasteiger partial charge in [0, 0.05) is 115 Å². The molecular weight excluding hydrogens is 1040 g/mol. The van der Waals surface area contributed by atoms with E-state index in [1.54, 1.807) is 95.4 Å². The number of aliphatic carboxylic acids is 1. The lowest BCUT2D eigenvalue weighted by Gasteiger charge is -2.45. The average molecular weight is 1140 g/mol. The van der Waals surface area contributed by atoms with E-state index in [0.717, 1.165) is 6.54 Å². The van der Waals surface area contributed by atoms with Crippen molar-refractivity contribution in [2.24, 2.45) is 0 Å². The molecule has 2 aromatic carbocycles. The van der Waals surface area contributed by atoms with Gasteiger partial charge in [0.2, 0.25) is 5.91 Å². The number of piperidine rings is 2. The van der Waals surface area contributed by atoms with Gasteiger partial charge in [-0.15, -0.1) is 0 Å². The van der Waals surface area contributed by atoms with Crippen molar-refractivity contribution in [3.8, 4) is 23.0 Å². The summed E-state index contributed by atoms with van der Waals surface area (Å²) >= 11 is 0. The highest BCUT2D eigenvalue weighted by molar-refractivity contribution is 5.96. The first-order valence-electron chi connectivity index (χ1n) is 28.5. The zero-order chi connectivity index (χ0) is 60.8. The molecule has 0 saturated carbocycles. The lowest BCUT2D eigenvalue weighted by Crippen LogP contribution is -2.58. The van der Waals surface area contributed by atoms with Crippen LogP contribution in [0.5, 0.6) is 23.0 Å². The standard InChI is InChI=1S/C33H56N4O7.C27H42N2O8/c1-11-35(18-17-34(7)8)30(38)22-26-14-15-27(23-36(26)32(40)44-33(4,5)6)37(24(2)3)31(39)25-13-16-28(42-10)29(21-25)43-20-12-19-41-9;1-18(2)29(25(32)19-9-12-22(35-7)23(15-19)36-14-8-13-34-6)21-11-10-20(16-24(30)31)28(17-21)26(33)37-27(3,4)5/h13,16,21,24,26-27H,11-12,14-15,17-20,22-23H2,1-10H3;9,12,15,18,20-21H,8,10-11,13-14,16-17H2,1-7H3,(H,30,31)/t26-,27?;20-,21?/m00/s1. The molecule has 2 unspecified atom stereocenters. The van der Waals surface area contributed by atoms with Gasteiger partial charge in [-0.25, -0.2) is 9.59 Å². The summed E-state index contributed by atoms with van der Waals surface area (Å²) < 4.78 is 44.2. The van der Waals surface area contributed by atoms with Crippen LogP contribution in [-0.4, -0.2) is 220 Å². The van der Waals surface area contributed by atoms with Crippen LogP contribution in [0.4, 0.5) is 9.59 Å². The summed E-state index contributed by atoms with van der Waals surface area (Å²) in [5.41, 5.74) is -0.515. The minimum Gasteiger partial charge on any atom is -0.493 e. The Kier molecular flexibility index (Phi) is 28.3. The number of likely N-dealkylation sites (N-methyl/N-ethyl adjacent to an activating group) is 2. The number of hydrogen-bond donors (Lipinski definition) is 1. The molecule has 21 heteroatoms. The molecule has 2 saturated heterocycles. The van der Waals surface area contributed by atoms with Gasteiger partial charge in [-0.1, -0.05) is 0 Å². The monoisotopic (exact) mass is 1140 g/mol. The fourth-order valence-electron chi connectivity index (χ4n) is 9.85. The van der Waals surface area contributed by atoms with Gasteiger partial charge < -0.3 is 72.4 Å². The zero-order valence-corrected chi connectivity index (χ0v) is 51.8. The van der Waals surface area contributed by atoms with E-state index in [2.05, 4.69) is 0 Å². The molecule has 1 N–H and O–H groups in total. The number of carbonyl (C=O) groups excluding carboxylic acids is 5. The first-order chi connectivity index (χ1) is 38.1. The third kappa shape index (κ3) is 22.3. The van der Waals surface area contributed by atoms with Gasteiger partial charge in [0.1, 0.15) is 11.2 Å². The van der Waals surface area contributed by atoms with Crippen LogP contribution in [0.3, 0.4) is 0 Å². The summed E-state index contributed by atoms with van der Waals surface area (Å²) in [5.74, 6) is 0.696. The normalized spacial score (nSPS) is 17.4. The van der Waals surface area contributed by atoms with Gasteiger partial charge in [0.05, 0.1) is 45.9 Å². The van der Waals surface area contributed by atoms with Gasteiger partial charge in [0.25, 0.3) is 11.8 Å². The molecule has 0 radical (unpaired) electrons. The van der Waals surface area contributed by atoms with Crippen LogP contribution in [0.25, 0.3) is 0 Å². The van der Waals surface area contributed by atoms with Crippen molar-refractivity contribution >= 4 is 35.9 Å². The summed E-state index contributed by atoms with van der Waals surface area (Å²) in [6.45, 7) is 24.9. The highest BCUT2D eigenvalue weighted by Crippen LogP contribution is 2.34. The van der Waals surface area contributed by atoms with Crippen LogP contribution >= 0.6 is 0 Å². The predicted molar refractivity (Wildman–Crippen MR) is 310 cm³/mol. The number of methoxy groups -OCH3 is 4. The van der Waals surface area contributed by atoms with E-state index in [9.17, 15) is 33.9 Å². The van der Waals surface area contributed by atoms with Crippen LogP contribution in [0.15, 0.2) is 36.4 Å². The number of benzene rings is 2. The summed E-state index contributed by atoms with van der Waals surface area (Å²) in [6, 6.07) is 8.57. The molecule has 4 atom stereocenters. The quantitative estimate of drug-likeness (QED) is 0.0871. The molecule has 5 amide bonds. The number of carboxylic acid groups (broad SMARTS) is 1. The van der Waals surface area contributed by atoms with Gasteiger partial charge >= 0.3 is 18.2 Å². The second kappa shape index (κ2) is 33.1. The van der Waals surface area contributed by atoms with Crippen molar-refractivity contribution in [3.05, 3.63) is 47.5 Å². The maximum absolute atomic E-state index is 14.0. The molecule has 2 aliphatic rings. The molecule has 2 fully saturated rings. The zero-order valence-electron chi connectivity index (χ0n) is 51.8. The van der Waals surface area contributed by atoms with Gasteiger partial charge in [-0.3, -0.25) is 19.2 Å². The van der Waals surface area contributed by atoms with E-state index < -0.39 is 35.4 Å².